The molecule has 35 heavy (non-hydrogen) atoms. The summed E-state index contributed by atoms with van der Waals surface area (Å²) in [7, 11) is 0. The van der Waals surface area contributed by atoms with E-state index in [4.69, 9.17) is 0 Å². The van der Waals surface area contributed by atoms with Crippen LogP contribution in [-0.4, -0.2) is 25.8 Å². The van der Waals surface area contributed by atoms with E-state index in [1.165, 1.54) is 6.33 Å². The minimum atomic E-state index is -0.609. The van der Waals surface area contributed by atoms with E-state index in [0.717, 1.165) is 27.4 Å². The first-order chi connectivity index (χ1) is 17.0. The van der Waals surface area contributed by atoms with Crippen molar-refractivity contribution in [1.82, 2.24) is 20.4 Å². The number of anilines is 3. The van der Waals surface area contributed by atoms with Crippen LogP contribution in [0.2, 0.25) is 0 Å². The number of nitrogens with zero attached hydrogens (tertiary/aromatic N) is 4. The molecule has 0 aliphatic rings. The Morgan fingerprint density at radius 1 is 0.886 bits per heavy atom. The summed E-state index contributed by atoms with van der Waals surface area (Å²) >= 11 is 0. The zero-order valence-corrected chi connectivity index (χ0v) is 18.5. The minimum Gasteiger partial charge on any atom is -0.334 e. The van der Waals surface area contributed by atoms with E-state index in [1.54, 1.807) is 24.3 Å². The van der Waals surface area contributed by atoms with Crippen LogP contribution in [0.3, 0.4) is 0 Å². The molecule has 0 saturated carbocycles. The summed E-state index contributed by atoms with van der Waals surface area (Å²) < 4.78 is 0. The van der Waals surface area contributed by atoms with Crippen LogP contribution in [0.15, 0.2) is 79.1 Å². The molecule has 0 unspecified atom stereocenters. The second-order valence-electron chi connectivity index (χ2n) is 7.73. The van der Waals surface area contributed by atoms with Crippen LogP contribution in [0.5, 0.6) is 0 Å². The largest absolute Gasteiger partial charge is 0.355 e. The number of hydrazine groups is 1. The third kappa shape index (κ3) is 4.27. The second-order valence-corrected chi connectivity index (χ2v) is 7.73. The Labute approximate surface area is 199 Å². The van der Waals surface area contributed by atoms with Gasteiger partial charge in [0.05, 0.1) is 10.4 Å². The van der Waals surface area contributed by atoms with Crippen LogP contribution in [-0.2, 0) is 0 Å². The number of benzene rings is 3. The third-order valence-corrected chi connectivity index (χ3v) is 5.46. The number of aromatic nitrogens is 3. The summed E-state index contributed by atoms with van der Waals surface area (Å²) in [4.78, 5) is 36.7. The van der Waals surface area contributed by atoms with Gasteiger partial charge in [0, 0.05) is 22.3 Å². The molecule has 5 rings (SSSR count). The summed E-state index contributed by atoms with van der Waals surface area (Å²) in [5, 5.41) is 17.4. The van der Waals surface area contributed by atoms with Gasteiger partial charge in [-0.1, -0.05) is 42.5 Å². The fourth-order valence-electron chi connectivity index (χ4n) is 3.83. The van der Waals surface area contributed by atoms with Crippen LogP contribution in [0, 0.1) is 17.0 Å². The van der Waals surface area contributed by atoms with Crippen molar-refractivity contribution in [3.05, 3.63) is 100 Å². The molecule has 0 aliphatic heterocycles. The van der Waals surface area contributed by atoms with Gasteiger partial charge in [-0.05, 0) is 48.0 Å². The molecule has 0 fully saturated rings. The average Bonchev–Trinajstić information content (AvgIpc) is 2.86. The third-order valence-electron chi connectivity index (χ3n) is 5.46. The predicted molar refractivity (Wildman–Crippen MR) is 133 cm³/mol. The van der Waals surface area contributed by atoms with Crippen molar-refractivity contribution in [2.24, 2.45) is 0 Å². The molecule has 0 aliphatic carbocycles. The van der Waals surface area contributed by atoms with Crippen molar-refractivity contribution >= 4 is 50.6 Å². The SMILES string of the molecule is Cc1ccc2c(Nc3ncnc(NNC(=O)c4cccc5ccccc45)c3[N+](=O)[O-])cccc2n1. The summed E-state index contributed by atoms with van der Waals surface area (Å²) in [5.74, 6) is -0.644. The first-order valence-electron chi connectivity index (χ1n) is 10.7. The molecule has 172 valence electrons. The fourth-order valence-corrected chi connectivity index (χ4v) is 3.83. The Kier molecular flexibility index (Phi) is 5.60. The maximum absolute atomic E-state index is 12.9. The number of carbonyl (C=O) groups is 1. The maximum Gasteiger partial charge on any atom is 0.355 e. The molecule has 0 spiro atoms. The quantitative estimate of drug-likeness (QED) is 0.238. The number of nitro groups is 1. The molecule has 5 aromatic rings. The highest BCUT2D eigenvalue weighted by molar-refractivity contribution is 6.07. The summed E-state index contributed by atoms with van der Waals surface area (Å²) in [6, 6.07) is 22.0. The predicted octanol–water partition coefficient (Wildman–Crippen LogP) is 4.90. The lowest BCUT2D eigenvalue weighted by molar-refractivity contribution is -0.383. The Hall–Kier alpha value is -5.12. The lowest BCUT2D eigenvalue weighted by Crippen LogP contribution is -2.30. The van der Waals surface area contributed by atoms with Crippen LogP contribution in [0.25, 0.3) is 21.7 Å². The minimum absolute atomic E-state index is 0.0278. The normalized spacial score (nSPS) is 10.8. The monoisotopic (exact) mass is 465 g/mol. The molecule has 0 atom stereocenters. The van der Waals surface area contributed by atoms with E-state index in [2.05, 4.69) is 31.1 Å². The van der Waals surface area contributed by atoms with E-state index in [0.29, 0.717) is 11.3 Å². The molecular formula is C25H19N7O3. The molecule has 2 heterocycles. The molecule has 1 amide bonds. The van der Waals surface area contributed by atoms with E-state index in [1.807, 2.05) is 55.5 Å². The average molecular weight is 465 g/mol. The van der Waals surface area contributed by atoms with Crippen molar-refractivity contribution < 1.29 is 9.72 Å². The van der Waals surface area contributed by atoms with Gasteiger partial charge in [-0.2, -0.15) is 0 Å². The van der Waals surface area contributed by atoms with E-state index >= 15 is 0 Å². The van der Waals surface area contributed by atoms with Crippen LogP contribution in [0.4, 0.5) is 23.0 Å². The van der Waals surface area contributed by atoms with Gasteiger partial charge < -0.3 is 5.32 Å². The number of rotatable bonds is 6. The Morgan fingerprint density at radius 2 is 1.66 bits per heavy atom. The molecule has 10 heteroatoms. The number of aryl methyl sites for hydroxylation is 1. The molecule has 0 radical (unpaired) electrons. The number of pyridine rings is 1. The highest BCUT2D eigenvalue weighted by Gasteiger charge is 2.24. The number of hydrogen-bond donors (Lipinski definition) is 3. The smallest absolute Gasteiger partial charge is 0.334 e. The lowest BCUT2D eigenvalue weighted by Gasteiger charge is -2.13. The Morgan fingerprint density at radius 3 is 2.51 bits per heavy atom. The van der Waals surface area contributed by atoms with Crippen molar-refractivity contribution in [3.63, 3.8) is 0 Å². The van der Waals surface area contributed by atoms with Gasteiger partial charge in [-0.3, -0.25) is 30.7 Å². The van der Waals surface area contributed by atoms with Crippen LogP contribution < -0.4 is 16.2 Å². The van der Waals surface area contributed by atoms with Gasteiger partial charge in [0.15, 0.2) is 0 Å². The zero-order chi connectivity index (χ0) is 24.4. The van der Waals surface area contributed by atoms with E-state index < -0.39 is 16.5 Å². The summed E-state index contributed by atoms with van der Waals surface area (Å²) in [6.07, 6.45) is 1.18. The van der Waals surface area contributed by atoms with Crippen molar-refractivity contribution in [2.45, 2.75) is 6.92 Å². The van der Waals surface area contributed by atoms with Crippen LogP contribution >= 0.6 is 0 Å². The van der Waals surface area contributed by atoms with Gasteiger partial charge >= 0.3 is 5.69 Å². The zero-order valence-electron chi connectivity index (χ0n) is 18.5. The number of nitrogens with one attached hydrogen (secondary N) is 3. The second kappa shape index (κ2) is 9.02. The standard InChI is InChI=1S/C25H19N7O3/c1-15-12-13-19-20(28-15)10-5-11-21(19)29-23-22(32(34)35)24(27-14-26-23)30-31-25(33)18-9-4-7-16-6-2-3-8-17(16)18/h2-14H,1H3,(H,31,33)(H2,26,27,29,30). The number of fused-ring (bicyclic) bond motifs is 2. The van der Waals surface area contributed by atoms with Gasteiger partial charge in [-0.15, -0.1) is 0 Å². The first-order valence-corrected chi connectivity index (χ1v) is 10.7. The number of carbonyl (C=O) groups excluding carboxylic acids is 1. The number of hydrogen-bond acceptors (Lipinski definition) is 8. The van der Waals surface area contributed by atoms with Gasteiger partial charge in [0.25, 0.3) is 5.91 Å². The van der Waals surface area contributed by atoms with Crippen molar-refractivity contribution in [1.29, 1.82) is 0 Å². The molecule has 0 bridgehead atoms. The number of amides is 1. The first kappa shape index (κ1) is 21.7. The summed E-state index contributed by atoms with van der Waals surface area (Å²) in [6.45, 7) is 1.89. The maximum atomic E-state index is 12.9. The highest BCUT2D eigenvalue weighted by atomic mass is 16.6. The molecule has 10 nitrogen and oxygen atoms in total. The Bertz CT molecular complexity index is 1600. The van der Waals surface area contributed by atoms with E-state index in [9.17, 15) is 14.9 Å². The van der Waals surface area contributed by atoms with E-state index in [-0.39, 0.29) is 11.6 Å². The highest BCUT2D eigenvalue weighted by Crippen LogP contribution is 2.33. The summed E-state index contributed by atoms with van der Waals surface area (Å²) in [5.41, 5.74) is 7.30. The Balaban J connectivity index is 1.44. The van der Waals surface area contributed by atoms with Gasteiger partial charge in [-0.25, -0.2) is 9.97 Å². The van der Waals surface area contributed by atoms with Crippen molar-refractivity contribution in [3.8, 4) is 0 Å². The molecule has 2 aromatic heterocycles. The van der Waals surface area contributed by atoms with Crippen molar-refractivity contribution in [2.75, 3.05) is 10.7 Å². The fraction of sp³-hybridized carbons (Fsp3) is 0.0400. The van der Waals surface area contributed by atoms with Gasteiger partial charge in [0.1, 0.15) is 6.33 Å². The van der Waals surface area contributed by atoms with Crippen LogP contribution in [0.1, 0.15) is 16.1 Å². The van der Waals surface area contributed by atoms with Gasteiger partial charge in [0.2, 0.25) is 11.6 Å². The molecule has 0 saturated heterocycles. The molecule has 3 aromatic carbocycles. The topological polar surface area (TPSA) is 135 Å². The lowest BCUT2D eigenvalue weighted by atomic mass is 10.0. The molecular weight excluding hydrogens is 446 g/mol. The molecule has 3 N–H and O–H groups in total.